The summed E-state index contributed by atoms with van der Waals surface area (Å²) in [6, 6.07) is 49.6. The lowest BCUT2D eigenvalue weighted by atomic mass is 9.81. The Bertz CT molecular complexity index is 2680. The number of rotatable bonds is 2. The van der Waals surface area contributed by atoms with Gasteiger partial charge in [0.1, 0.15) is 11.5 Å². The molecule has 0 aromatic heterocycles. The van der Waals surface area contributed by atoms with Crippen LogP contribution in [0.1, 0.15) is 49.9 Å². The first-order chi connectivity index (χ1) is 25.3. The van der Waals surface area contributed by atoms with Gasteiger partial charge in [-0.1, -0.05) is 160 Å². The second-order valence-electron chi connectivity index (χ2n) is 15.3. The molecule has 4 aliphatic rings. The molecule has 0 N–H and O–H groups in total. The summed E-state index contributed by atoms with van der Waals surface area (Å²) in [4.78, 5) is 7.79. The molecule has 2 aliphatic carbocycles. The summed E-state index contributed by atoms with van der Waals surface area (Å²) in [7, 11) is 0. The van der Waals surface area contributed by atoms with Crippen LogP contribution in [0.5, 0.6) is 11.5 Å². The van der Waals surface area contributed by atoms with Crippen LogP contribution >= 0.6 is 35.3 Å². The number of para-hydroxylation sites is 1. The van der Waals surface area contributed by atoms with Gasteiger partial charge in [-0.15, -0.1) is 0 Å². The second kappa shape index (κ2) is 11.0. The predicted octanol–water partition coefficient (Wildman–Crippen LogP) is 14.5. The van der Waals surface area contributed by atoms with Crippen LogP contribution in [0.3, 0.4) is 0 Å². The molecule has 2 heterocycles. The molecule has 0 spiro atoms. The number of hydrogen-bond donors (Lipinski definition) is 0. The van der Waals surface area contributed by atoms with Gasteiger partial charge in [0.2, 0.25) is 0 Å². The van der Waals surface area contributed by atoms with E-state index in [1.165, 1.54) is 96.1 Å². The summed E-state index contributed by atoms with van der Waals surface area (Å²) in [6.07, 6.45) is 0. The molecule has 2 aliphatic heterocycles. The Balaban J connectivity index is 0.944. The van der Waals surface area contributed by atoms with Crippen molar-refractivity contribution in [3.05, 3.63) is 156 Å². The van der Waals surface area contributed by atoms with Gasteiger partial charge in [-0.3, -0.25) is 0 Å². The number of fused-ring (bicyclic) bond motifs is 12. The molecule has 0 unspecified atom stereocenters. The van der Waals surface area contributed by atoms with Crippen LogP contribution < -0.4 is 4.74 Å². The minimum Gasteiger partial charge on any atom is -0.454 e. The van der Waals surface area contributed by atoms with Gasteiger partial charge in [-0.05, 0) is 92.0 Å². The zero-order chi connectivity index (χ0) is 34.9. The Morgan fingerprint density at radius 2 is 1.02 bits per heavy atom. The van der Waals surface area contributed by atoms with Crippen LogP contribution in [-0.4, -0.2) is 0 Å². The molecule has 0 saturated carbocycles. The quantitative estimate of drug-likeness (QED) is 0.176. The lowest BCUT2D eigenvalue weighted by Crippen LogP contribution is -2.15. The molecule has 1 nitrogen and oxygen atoms in total. The highest BCUT2D eigenvalue weighted by atomic mass is 32.2. The first kappa shape index (κ1) is 31.0. The van der Waals surface area contributed by atoms with E-state index < -0.39 is 0 Å². The van der Waals surface area contributed by atoms with E-state index in [2.05, 4.69) is 161 Å². The van der Waals surface area contributed by atoms with E-state index >= 15 is 0 Å². The third kappa shape index (κ3) is 4.29. The van der Waals surface area contributed by atoms with Crippen molar-refractivity contribution in [2.24, 2.45) is 0 Å². The van der Waals surface area contributed by atoms with E-state index in [1.54, 1.807) is 11.8 Å². The van der Waals surface area contributed by atoms with Crippen molar-refractivity contribution in [3.63, 3.8) is 0 Å². The highest BCUT2D eigenvalue weighted by molar-refractivity contribution is 8.05. The zero-order valence-electron chi connectivity index (χ0n) is 29.3. The Labute approximate surface area is 317 Å². The van der Waals surface area contributed by atoms with Gasteiger partial charge in [0.05, 0.1) is 9.79 Å². The summed E-state index contributed by atoms with van der Waals surface area (Å²) < 4.78 is 6.62. The van der Waals surface area contributed by atoms with Gasteiger partial charge >= 0.3 is 0 Å². The molecule has 0 radical (unpaired) electrons. The topological polar surface area (TPSA) is 9.23 Å². The first-order valence-corrected chi connectivity index (χ1v) is 20.4. The largest absolute Gasteiger partial charge is 0.454 e. The Hall–Kier alpha value is -4.61. The fourth-order valence-corrected chi connectivity index (χ4v) is 12.4. The Kier molecular flexibility index (Phi) is 6.53. The second-order valence-corrected chi connectivity index (χ2v) is 18.4. The molecule has 7 aromatic rings. The van der Waals surface area contributed by atoms with Crippen LogP contribution in [0, 0.1) is 0 Å². The van der Waals surface area contributed by atoms with Crippen LogP contribution in [-0.2, 0) is 10.8 Å². The van der Waals surface area contributed by atoms with E-state index in [4.69, 9.17) is 4.74 Å². The average Bonchev–Trinajstić information content (AvgIpc) is 3.55. The van der Waals surface area contributed by atoms with E-state index in [9.17, 15) is 0 Å². The Morgan fingerprint density at radius 1 is 0.404 bits per heavy atom. The average molecular weight is 723 g/mol. The van der Waals surface area contributed by atoms with Crippen LogP contribution in [0.15, 0.2) is 163 Å². The number of ether oxygens (including phenoxy) is 1. The predicted molar refractivity (Wildman–Crippen MR) is 218 cm³/mol. The maximum Gasteiger partial charge on any atom is 0.149 e. The van der Waals surface area contributed by atoms with Crippen molar-refractivity contribution < 1.29 is 4.74 Å². The van der Waals surface area contributed by atoms with Gasteiger partial charge < -0.3 is 4.74 Å². The maximum absolute atomic E-state index is 6.62. The van der Waals surface area contributed by atoms with Crippen molar-refractivity contribution in [2.45, 2.75) is 67.9 Å². The minimum atomic E-state index is -0.134. The lowest BCUT2D eigenvalue weighted by Gasteiger charge is -2.25. The highest BCUT2D eigenvalue weighted by Gasteiger charge is 2.40. The minimum absolute atomic E-state index is 0.00412. The SMILES string of the molecule is CC1(C)c2cc(-c3ccc(-c4cccc5c4Sc4c(ccc6c4-c4ccccc4C6(C)C)S5)cc3)ccc2-c2c1ccc1c2Oc2ccccc2S1. The fourth-order valence-electron chi connectivity index (χ4n) is 8.90. The summed E-state index contributed by atoms with van der Waals surface area (Å²) >= 11 is 5.67. The molecule has 0 amide bonds. The molecule has 0 atom stereocenters. The molecule has 11 rings (SSSR count). The first-order valence-electron chi connectivity index (χ1n) is 17.9. The molecule has 52 heavy (non-hydrogen) atoms. The third-order valence-corrected chi connectivity index (χ3v) is 15.4. The molecule has 0 fully saturated rings. The molecule has 0 bridgehead atoms. The normalized spacial score (nSPS) is 15.9. The molecule has 0 saturated heterocycles. The molecule has 250 valence electrons. The molecular formula is C48H34OS3. The molecule has 7 aromatic carbocycles. The van der Waals surface area contributed by atoms with Crippen molar-refractivity contribution in [1.82, 2.24) is 0 Å². The van der Waals surface area contributed by atoms with Crippen molar-refractivity contribution in [3.8, 4) is 56.0 Å². The summed E-state index contributed by atoms with van der Waals surface area (Å²) in [5.74, 6) is 1.93. The van der Waals surface area contributed by atoms with Crippen molar-refractivity contribution in [1.29, 1.82) is 0 Å². The lowest BCUT2D eigenvalue weighted by molar-refractivity contribution is 0.455. The molecular weight excluding hydrogens is 689 g/mol. The summed E-state index contributed by atoms with van der Waals surface area (Å²) in [5.41, 5.74) is 15.7. The highest BCUT2D eigenvalue weighted by Crippen LogP contribution is 2.61. The van der Waals surface area contributed by atoms with Gasteiger partial charge in [-0.2, -0.15) is 0 Å². The fraction of sp³-hybridized carbons (Fsp3) is 0.125. The van der Waals surface area contributed by atoms with E-state index in [-0.39, 0.29) is 10.8 Å². The summed E-state index contributed by atoms with van der Waals surface area (Å²) in [5, 5.41) is 0. The van der Waals surface area contributed by atoms with Crippen molar-refractivity contribution in [2.75, 3.05) is 0 Å². The van der Waals surface area contributed by atoms with Crippen LogP contribution in [0.2, 0.25) is 0 Å². The third-order valence-electron chi connectivity index (χ3n) is 11.6. The zero-order valence-corrected chi connectivity index (χ0v) is 31.8. The van der Waals surface area contributed by atoms with Gasteiger partial charge in [-0.25, -0.2) is 0 Å². The van der Waals surface area contributed by atoms with Crippen LogP contribution in [0.4, 0.5) is 0 Å². The molecule has 4 heteroatoms. The number of hydrogen-bond acceptors (Lipinski definition) is 4. The summed E-state index contributed by atoms with van der Waals surface area (Å²) in [6.45, 7) is 9.43. The standard InChI is InChI=1S/C48H34OS3/c1-47(2)33-12-6-5-10-31(33)43-35(47)23-25-41-46(43)52-45-30(11-9-15-40(45)51-41)28-18-16-27(17-19-28)29-20-21-32-36(26-29)48(3,4)34-22-24-39-44(42(32)34)49-37-13-7-8-14-38(37)50-39/h5-26H,1-4H3. The monoisotopic (exact) mass is 722 g/mol. The van der Waals surface area contributed by atoms with Gasteiger partial charge in [0.15, 0.2) is 0 Å². The number of benzene rings is 7. The van der Waals surface area contributed by atoms with Gasteiger partial charge in [0, 0.05) is 41.5 Å². The van der Waals surface area contributed by atoms with E-state index in [1.807, 2.05) is 23.5 Å². The van der Waals surface area contributed by atoms with Crippen LogP contribution in [0.25, 0.3) is 44.5 Å². The maximum atomic E-state index is 6.62. The smallest absolute Gasteiger partial charge is 0.149 e. The van der Waals surface area contributed by atoms with E-state index in [0.29, 0.717) is 0 Å². The van der Waals surface area contributed by atoms with E-state index in [0.717, 1.165) is 11.5 Å². The van der Waals surface area contributed by atoms with Gasteiger partial charge in [0.25, 0.3) is 0 Å². The Morgan fingerprint density at radius 3 is 1.88 bits per heavy atom. The van der Waals surface area contributed by atoms with Crippen molar-refractivity contribution >= 4 is 35.3 Å².